The molecule has 0 aliphatic heterocycles. The molecular formula is C54H34O. The van der Waals surface area contributed by atoms with Gasteiger partial charge in [0.05, 0.1) is 11.0 Å². The quantitative estimate of drug-likeness (QED) is 0.162. The predicted molar refractivity (Wildman–Crippen MR) is 233 cm³/mol. The Bertz CT molecular complexity index is 3640. The van der Waals surface area contributed by atoms with E-state index in [4.69, 9.17) is 9.90 Å². The maximum Gasteiger partial charge on any atom is 0.136 e. The monoisotopic (exact) mass is 706 g/mol. The summed E-state index contributed by atoms with van der Waals surface area (Å²) < 4.78 is 80.6. The zero-order valence-electron chi connectivity index (χ0n) is 37.4. The van der Waals surface area contributed by atoms with Crippen molar-refractivity contribution in [2.24, 2.45) is 0 Å². The molecule has 1 heterocycles. The standard InChI is InChI=1S/C54H34O/c1-2-16-35(17-3-1)39-22-6-7-24-41(39)47-32-33-50-54(48-29-12-13-31-49(48)55-50)52(47)38-21-14-20-37(34-38)51-43-25-8-10-27-45(43)53(46-28-11-9-26-44(46)51)42-30-15-19-36-18-4-5-23-40(36)42/h1-34H/i8D,9D,10D,11D,25D,26D,27D,28D. The molecule has 1 aromatic heterocycles. The Balaban J connectivity index is 1.31. The van der Waals surface area contributed by atoms with E-state index in [-0.39, 0.29) is 45.7 Å². The van der Waals surface area contributed by atoms with Gasteiger partial charge in [-0.3, -0.25) is 0 Å². The van der Waals surface area contributed by atoms with Gasteiger partial charge < -0.3 is 4.42 Å². The lowest BCUT2D eigenvalue weighted by Gasteiger charge is -2.20. The molecule has 0 saturated heterocycles. The molecule has 0 N–H and O–H groups in total. The van der Waals surface area contributed by atoms with E-state index in [1.54, 1.807) is 0 Å². The van der Waals surface area contributed by atoms with Crippen molar-refractivity contribution in [3.05, 3.63) is 206 Å². The SMILES string of the molecule is [2H]c1c([2H])c([2H])c2c(-c3cccc4ccccc34)c3c([2H])c([2H])c([2H])c([2H])c3c(-c3cccc(-c4c(-c5ccccc5-c5ccccc5)ccc5oc6ccccc6c45)c3)c2c1[2H]. The van der Waals surface area contributed by atoms with Gasteiger partial charge in [0.25, 0.3) is 0 Å². The molecule has 0 atom stereocenters. The highest BCUT2D eigenvalue weighted by atomic mass is 16.3. The summed E-state index contributed by atoms with van der Waals surface area (Å²) in [6.45, 7) is 0. The fraction of sp³-hybridized carbons (Fsp3) is 0. The summed E-state index contributed by atoms with van der Waals surface area (Å²) in [5.41, 5.74) is 8.84. The van der Waals surface area contributed by atoms with E-state index < -0.39 is 24.2 Å². The fourth-order valence-corrected chi connectivity index (χ4v) is 8.38. The van der Waals surface area contributed by atoms with Crippen LogP contribution in [-0.4, -0.2) is 0 Å². The molecule has 11 rings (SSSR count). The van der Waals surface area contributed by atoms with Crippen molar-refractivity contribution in [1.82, 2.24) is 0 Å². The van der Waals surface area contributed by atoms with E-state index in [9.17, 15) is 5.48 Å². The van der Waals surface area contributed by atoms with Crippen LogP contribution in [0.2, 0.25) is 0 Å². The smallest absolute Gasteiger partial charge is 0.136 e. The first-order chi connectivity index (χ1) is 30.6. The second-order valence-corrected chi connectivity index (χ2v) is 13.7. The van der Waals surface area contributed by atoms with Crippen LogP contribution in [-0.2, 0) is 0 Å². The van der Waals surface area contributed by atoms with Crippen molar-refractivity contribution in [2.45, 2.75) is 0 Å². The summed E-state index contributed by atoms with van der Waals surface area (Å²) in [7, 11) is 0. The second-order valence-electron chi connectivity index (χ2n) is 13.7. The van der Waals surface area contributed by atoms with Gasteiger partial charge in [0.15, 0.2) is 0 Å². The number of hydrogen-bond acceptors (Lipinski definition) is 1. The Morgan fingerprint density at radius 3 is 1.64 bits per heavy atom. The Labute approximate surface area is 330 Å². The third kappa shape index (κ3) is 5.01. The molecule has 0 amide bonds. The molecule has 11 aromatic rings. The molecule has 0 radical (unpaired) electrons. The first-order valence-corrected chi connectivity index (χ1v) is 18.3. The lowest BCUT2D eigenvalue weighted by Crippen LogP contribution is -1.93. The van der Waals surface area contributed by atoms with E-state index >= 15 is 0 Å². The minimum atomic E-state index is -0.441. The fourth-order valence-electron chi connectivity index (χ4n) is 8.38. The van der Waals surface area contributed by atoms with E-state index in [1.165, 1.54) is 0 Å². The van der Waals surface area contributed by atoms with Crippen LogP contribution in [0.3, 0.4) is 0 Å². The Kier molecular flexibility index (Phi) is 5.59. The molecule has 0 fully saturated rings. The number of rotatable bonds is 5. The van der Waals surface area contributed by atoms with Crippen LogP contribution < -0.4 is 0 Å². The van der Waals surface area contributed by atoms with Crippen LogP contribution in [0, 0.1) is 0 Å². The van der Waals surface area contributed by atoms with Crippen molar-refractivity contribution in [2.75, 3.05) is 0 Å². The van der Waals surface area contributed by atoms with Gasteiger partial charge in [0.1, 0.15) is 11.2 Å². The molecule has 0 aliphatic carbocycles. The number of para-hydroxylation sites is 1. The van der Waals surface area contributed by atoms with Gasteiger partial charge in [0.2, 0.25) is 0 Å². The highest BCUT2D eigenvalue weighted by Crippen LogP contribution is 2.48. The maximum atomic E-state index is 9.59. The first-order valence-electron chi connectivity index (χ1n) is 22.3. The van der Waals surface area contributed by atoms with Crippen molar-refractivity contribution in [3.63, 3.8) is 0 Å². The van der Waals surface area contributed by atoms with Gasteiger partial charge in [-0.05, 0) is 107 Å². The highest BCUT2D eigenvalue weighted by molar-refractivity contribution is 6.24. The molecular weight excluding hydrogens is 665 g/mol. The van der Waals surface area contributed by atoms with E-state index in [2.05, 4.69) is 30.3 Å². The highest BCUT2D eigenvalue weighted by Gasteiger charge is 2.22. The molecule has 0 bridgehead atoms. The Morgan fingerprint density at radius 2 is 0.873 bits per heavy atom. The molecule has 0 unspecified atom stereocenters. The summed E-state index contributed by atoms with van der Waals surface area (Å²) in [4.78, 5) is 0. The summed E-state index contributed by atoms with van der Waals surface area (Å²) in [6, 6.07) is 48.6. The van der Waals surface area contributed by atoms with Gasteiger partial charge in [-0.1, -0.05) is 182 Å². The zero-order chi connectivity index (χ0) is 43.3. The molecule has 0 aliphatic rings. The maximum absolute atomic E-state index is 9.59. The van der Waals surface area contributed by atoms with Gasteiger partial charge in [-0.15, -0.1) is 0 Å². The summed E-state index contributed by atoms with van der Waals surface area (Å²) in [6.07, 6.45) is 0. The van der Waals surface area contributed by atoms with Crippen molar-refractivity contribution in [1.29, 1.82) is 0 Å². The van der Waals surface area contributed by atoms with Crippen LogP contribution in [0.15, 0.2) is 210 Å². The summed E-state index contributed by atoms with van der Waals surface area (Å²) in [5.74, 6) is 0. The van der Waals surface area contributed by atoms with Crippen molar-refractivity contribution in [3.8, 4) is 55.6 Å². The van der Waals surface area contributed by atoms with Crippen LogP contribution in [0.4, 0.5) is 0 Å². The largest absolute Gasteiger partial charge is 0.456 e. The lowest BCUT2D eigenvalue weighted by molar-refractivity contribution is 0.669. The molecule has 10 aromatic carbocycles. The lowest BCUT2D eigenvalue weighted by atomic mass is 9.83. The average Bonchev–Trinajstić information content (AvgIpc) is 3.71. The predicted octanol–water partition coefficient (Wildman–Crippen LogP) is 15.4. The van der Waals surface area contributed by atoms with Crippen molar-refractivity contribution >= 4 is 54.3 Å². The van der Waals surface area contributed by atoms with E-state index in [0.29, 0.717) is 27.8 Å². The molecule has 55 heavy (non-hydrogen) atoms. The van der Waals surface area contributed by atoms with Gasteiger partial charge >= 0.3 is 0 Å². The number of fused-ring (bicyclic) bond motifs is 6. The van der Waals surface area contributed by atoms with Crippen LogP contribution in [0.25, 0.3) is 110 Å². The molecule has 1 heteroatoms. The molecule has 256 valence electrons. The van der Waals surface area contributed by atoms with Gasteiger partial charge in [-0.25, -0.2) is 0 Å². The summed E-state index contributed by atoms with van der Waals surface area (Å²) in [5, 5.41) is 4.16. The first kappa shape index (κ1) is 24.2. The van der Waals surface area contributed by atoms with E-state index in [1.807, 2.05) is 127 Å². The van der Waals surface area contributed by atoms with Crippen LogP contribution >= 0.6 is 0 Å². The molecule has 1 nitrogen and oxygen atoms in total. The van der Waals surface area contributed by atoms with Crippen LogP contribution in [0.1, 0.15) is 11.0 Å². The van der Waals surface area contributed by atoms with Gasteiger partial charge in [0, 0.05) is 16.3 Å². The second kappa shape index (κ2) is 12.7. The van der Waals surface area contributed by atoms with E-state index in [0.717, 1.165) is 60.5 Å². The zero-order valence-corrected chi connectivity index (χ0v) is 29.4. The number of benzene rings is 10. The molecule has 0 spiro atoms. The minimum Gasteiger partial charge on any atom is -0.456 e. The number of hydrogen-bond donors (Lipinski definition) is 0. The summed E-state index contributed by atoms with van der Waals surface area (Å²) >= 11 is 0. The third-order valence-corrected chi connectivity index (χ3v) is 10.7. The third-order valence-electron chi connectivity index (χ3n) is 10.7. The van der Waals surface area contributed by atoms with Crippen molar-refractivity contribution < 1.29 is 15.4 Å². The average molecular weight is 707 g/mol. The Hall–Kier alpha value is -7.22. The normalized spacial score (nSPS) is 13.7. The Morgan fingerprint density at radius 1 is 0.327 bits per heavy atom. The minimum absolute atomic E-state index is 0.167. The van der Waals surface area contributed by atoms with Crippen LogP contribution in [0.5, 0.6) is 0 Å². The van der Waals surface area contributed by atoms with Gasteiger partial charge in [-0.2, -0.15) is 0 Å². The molecule has 0 saturated carbocycles. The topological polar surface area (TPSA) is 13.1 Å². The number of furan rings is 1.